The summed E-state index contributed by atoms with van der Waals surface area (Å²) in [4.78, 5) is 14.3. The van der Waals surface area contributed by atoms with E-state index in [0.717, 1.165) is 17.7 Å². The molecule has 0 atom stereocenters. The molecule has 4 heteroatoms. The van der Waals surface area contributed by atoms with Crippen LogP contribution in [0.15, 0.2) is 24.3 Å². The maximum Gasteiger partial charge on any atom is 0.234 e. The van der Waals surface area contributed by atoms with Crippen molar-refractivity contribution >= 4 is 5.91 Å². The molecule has 1 aromatic rings. The smallest absolute Gasteiger partial charge is 0.234 e. The highest BCUT2D eigenvalue weighted by molar-refractivity contribution is 5.78. The van der Waals surface area contributed by atoms with Gasteiger partial charge < -0.3 is 10.1 Å². The lowest BCUT2D eigenvalue weighted by atomic mass is 9.94. The molecule has 1 fully saturated rings. The Balaban J connectivity index is 1.71. The van der Waals surface area contributed by atoms with Crippen molar-refractivity contribution < 1.29 is 9.53 Å². The molecule has 1 aliphatic carbocycles. The van der Waals surface area contributed by atoms with Gasteiger partial charge in [0, 0.05) is 12.6 Å². The standard InChI is InChI=1S/C18H28N2O2/c1-20(16-9-4-3-5-10-16)14-18(21)19-13-12-15-8-6-7-11-17(15)22-2/h6-8,11,16H,3-5,9-10,12-14H2,1-2H3,(H,19,21). The number of nitrogens with zero attached hydrogens (tertiary/aromatic N) is 1. The number of methoxy groups -OCH3 is 1. The highest BCUT2D eigenvalue weighted by Crippen LogP contribution is 2.21. The van der Waals surface area contributed by atoms with Crippen molar-refractivity contribution in [3.63, 3.8) is 0 Å². The van der Waals surface area contributed by atoms with Gasteiger partial charge in [-0.1, -0.05) is 37.5 Å². The molecule has 122 valence electrons. The predicted octanol–water partition coefficient (Wildman–Crippen LogP) is 2.62. The Morgan fingerprint density at radius 1 is 1.27 bits per heavy atom. The fourth-order valence-corrected chi connectivity index (χ4v) is 3.18. The van der Waals surface area contributed by atoms with E-state index >= 15 is 0 Å². The third-order valence-electron chi connectivity index (χ3n) is 4.50. The fourth-order valence-electron chi connectivity index (χ4n) is 3.18. The van der Waals surface area contributed by atoms with Crippen LogP contribution in [0.4, 0.5) is 0 Å². The summed E-state index contributed by atoms with van der Waals surface area (Å²) in [5, 5.41) is 3.02. The first-order valence-corrected chi connectivity index (χ1v) is 8.29. The van der Waals surface area contributed by atoms with Crippen molar-refractivity contribution in [1.82, 2.24) is 10.2 Å². The van der Waals surface area contributed by atoms with Gasteiger partial charge in [-0.25, -0.2) is 0 Å². The molecule has 0 aromatic heterocycles. The number of rotatable bonds is 7. The summed E-state index contributed by atoms with van der Waals surface area (Å²) in [6, 6.07) is 8.53. The van der Waals surface area contributed by atoms with Crippen LogP contribution in [0.2, 0.25) is 0 Å². The zero-order chi connectivity index (χ0) is 15.8. The maximum atomic E-state index is 12.1. The summed E-state index contributed by atoms with van der Waals surface area (Å²) >= 11 is 0. The number of benzene rings is 1. The van der Waals surface area contributed by atoms with Crippen LogP contribution in [0.5, 0.6) is 5.75 Å². The van der Waals surface area contributed by atoms with Crippen molar-refractivity contribution in [2.45, 2.75) is 44.6 Å². The van der Waals surface area contributed by atoms with Crippen LogP contribution in [0.3, 0.4) is 0 Å². The highest BCUT2D eigenvalue weighted by Gasteiger charge is 2.19. The molecular formula is C18H28N2O2. The Morgan fingerprint density at radius 2 is 2.00 bits per heavy atom. The second-order valence-electron chi connectivity index (χ2n) is 6.12. The number of hydrogen-bond acceptors (Lipinski definition) is 3. The first kappa shape index (κ1) is 16.8. The molecule has 0 radical (unpaired) electrons. The monoisotopic (exact) mass is 304 g/mol. The predicted molar refractivity (Wildman–Crippen MR) is 89.2 cm³/mol. The molecule has 0 bridgehead atoms. The van der Waals surface area contributed by atoms with Gasteiger partial charge in [0.05, 0.1) is 13.7 Å². The second-order valence-corrected chi connectivity index (χ2v) is 6.12. The highest BCUT2D eigenvalue weighted by atomic mass is 16.5. The SMILES string of the molecule is COc1ccccc1CCNC(=O)CN(C)C1CCCCC1. The molecule has 1 amide bonds. The quantitative estimate of drug-likeness (QED) is 0.842. The van der Waals surface area contributed by atoms with E-state index in [1.165, 1.54) is 32.1 Å². The average Bonchev–Trinajstić information content (AvgIpc) is 2.56. The summed E-state index contributed by atoms with van der Waals surface area (Å²) in [6.45, 7) is 1.15. The Bertz CT molecular complexity index is 470. The summed E-state index contributed by atoms with van der Waals surface area (Å²) in [7, 11) is 3.74. The molecule has 4 nitrogen and oxygen atoms in total. The van der Waals surface area contributed by atoms with Gasteiger partial charge in [0.1, 0.15) is 5.75 Å². The molecule has 0 heterocycles. The molecule has 1 aromatic carbocycles. The lowest BCUT2D eigenvalue weighted by Gasteiger charge is -2.30. The Labute approximate surface area is 133 Å². The Morgan fingerprint density at radius 3 is 2.73 bits per heavy atom. The number of carbonyl (C=O) groups excluding carboxylic acids is 1. The van der Waals surface area contributed by atoms with Crippen molar-refractivity contribution in [3.05, 3.63) is 29.8 Å². The average molecular weight is 304 g/mol. The van der Waals surface area contributed by atoms with Crippen LogP contribution in [0.1, 0.15) is 37.7 Å². The van der Waals surface area contributed by atoms with Crippen LogP contribution < -0.4 is 10.1 Å². The first-order chi connectivity index (χ1) is 10.7. The normalized spacial score (nSPS) is 15.8. The molecule has 0 spiro atoms. The van der Waals surface area contributed by atoms with E-state index in [0.29, 0.717) is 19.1 Å². The topological polar surface area (TPSA) is 41.6 Å². The number of para-hydroxylation sites is 1. The summed E-state index contributed by atoms with van der Waals surface area (Å²) in [5.41, 5.74) is 1.13. The van der Waals surface area contributed by atoms with Crippen molar-refractivity contribution in [2.75, 3.05) is 27.2 Å². The van der Waals surface area contributed by atoms with Gasteiger partial charge in [-0.15, -0.1) is 0 Å². The van der Waals surface area contributed by atoms with Gasteiger partial charge in [0.25, 0.3) is 0 Å². The van der Waals surface area contributed by atoms with Crippen LogP contribution >= 0.6 is 0 Å². The van der Waals surface area contributed by atoms with Crippen LogP contribution in [0.25, 0.3) is 0 Å². The van der Waals surface area contributed by atoms with E-state index in [9.17, 15) is 4.79 Å². The molecule has 1 N–H and O–H groups in total. The van der Waals surface area contributed by atoms with E-state index in [-0.39, 0.29) is 5.91 Å². The van der Waals surface area contributed by atoms with Crippen molar-refractivity contribution in [2.24, 2.45) is 0 Å². The van der Waals surface area contributed by atoms with Gasteiger partial charge in [-0.2, -0.15) is 0 Å². The van der Waals surface area contributed by atoms with E-state index in [1.807, 2.05) is 24.3 Å². The number of ether oxygens (including phenoxy) is 1. The van der Waals surface area contributed by atoms with Crippen molar-refractivity contribution in [1.29, 1.82) is 0 Å². The molecule has 1 aliphatic rings. The van der Waals surface area contributed by atoms with E-state index in [4.69, 9.17) is 4.74 Å². The fraction of sp³-hybridized carbons (Fsp3) is 0.611. The minimum Gasteiger partial charge on any atom is -0.496 e. The van der Waals surface area contributed by atoms with Crippen LogP contribution in [0, 0.1) is 0 Å². The Hall–Kier alpha value is -1.55. The summed E-state index contributed by atoms with van der Waals surface area (Å²) < 4.78 is 5.33. The maximum absolute atomic E-state index is 12.1. The molecule has 1 saturated carbocycles. The Kier molecular flexibility index (Phi) is 6.72. The summed E-state index contributed by atoms with van der Waals surface area (Å²) in [6.07, 6.45) is 7.18. The van der Waals surface area contributed by atoms with Crippen molar-refractivity contribution in [3.8, 4) is 5.75 Å². The summed E-state index contributed by atoms with van der Waals surface area (Å²) in [5.74, 6) is 0.999. The zero-order valence-electron chi connectivity index (χ0n) is 13.8. The van der Waals surface area contributed by atoms with E-state index in [1.54, 1.807) is 7.11 Å². The minimum absolute atomic E-state index is 0.114. The van der Waals surface area contributed by atoms with Gasteiger partial charge in [-0.05, 0) is 37.9 Å². The first-order valence-electron chi connectivity index (χ1n) is 8.29. The minimum atomic E-state index is 0.114. The van der Waals surface area contributed by atoms with E-state index in [2.05, 4.69) is 17.3 Å². The number of likely N-dealkylation sites (N-methyl/N-ethyl adjacent to an activating group) is 1. The zero-order valence-corrected chi connectivity index (χ0v) is 13.8. The van der Waals surface area contributed by atoms with Crippen LogP contribution in [-0.2, 0) is 11.2 Å². The molecular weight excluding hydrogens is 276 g/mol. The lowest BCUT2D eigenvalue weighted by Crippen LogP contribution is -2.41. The van der Waals surface area contributed by atoms with Gasteiger partial charge in [0.15, 0.2) is 0 Å². The van der Waals surface area contributed by atoms with Gasteiger partial charge in [-0.3, -0.25) is 9.69 Å². The lowest BCUT2D eigenvalue weighted by molar-refractivity contribution is -0.122. The third kappa shape index (κ3) is 5.02. The molecule has 0 unspecified atom stereocenters. The number of carbonyl (C=O) groups is 1. The second kappa shape index (κ2) is 8.79. The van der Waals surface area contributed by atoms with Gasteiger partial charge >= 0.3 is 0 Å². The third-order valence-corrected chi connectivity index (χ3v) is 4.50. The molecule has 0 saturated heterocycles. The largest absolute Gasteiger partial charge is 0.496 e. The van der Waals surface area contributed by atoms with Gasteiger partial charge in [0.2, 0.25) is 5.91 Å². The molecule has 0 aliphatic heterocycles. The molecule has 2 rings (SSSR count). The number of amides is 1. The van der Waals surface area contributed by atoms with Crippen LogP contribution in [-0.4, -0.2) is 44.1 Å². The van der Waals surface area contributed by atoms with E-state index < -0.39 is 0 Å². The number of nitrogens with one attached hydrogen (secondary N) is 1. The molecule has 22 heavy (non-hydrogen) atoms. The number of hydrogen-bond donors (Lipinski definition) is 1.